The second-order valence-electron chi connectivity index (χ2n) is 5.32. The molecule has 19 heavy (non-hydrogen) atoms. The number of nitro groups is 1. The fourth-order valence-electron chi connectivity index (χ4n) is 2.70. The van der Waals surface area contributed by atoms with Crippen molar-refractivity contribution in [3.8, 4) is 0 Å². The molecule has 0 aliphatic heterocycles. The Labute approximate surface area is 127 Å². The number of nitrogens with one attached hydrogen (secondary N) is 1. The number of nitro benzene ring substituents is 1. The van der Waals surface area contributed by atoms with Crippen LogP contribution >= 0.6 is 22.6 Å². The highest BCUT2D eigenvalue weighted by molar-refractivity contribution is 14.1. The van der Waals surface area contributed by atoms with Gasteiger partial charge in [0.15, 0.2) is 0 Å². The van der Waals surface area contributed by atoms with Crippen LogP contribution in [0.15, 0.2) is 18.2 Å². The lowest BCUT2D eigenvalue weighted by molar-refractivity contribution is -0.384. The molecule has 1 aromatic rings. The minimum atomic E-state index is -0.352. The van der Waals surface area contributed by atoms with Gasteiger partial charge in [-0.3, -0.25) is 10.1 Å². The molecule has 0 saturated heterocycles. The van der Waals surface area contributed by atoms with E-state index in [4.69, 9.17) is 0 Å². The molecule has 0 radical (unpaired) electrons. The number of anilines is 1. The van der Waals surface area contributed by atoms with Crippen molar-refractivity contribution < 1.29 is 4.92 Å². The monoisotopic (exact) mass is 374 g/mol. The molecule has 2 rings (SSSR count). The SMILES string of the molecule is CC1CCCCC1CNc1ccc([N+](=O)[O-])cc1I. The van der Waals surface area contributed by atoms with Crippen LogP contribution in [-0.2, 0) is 0 Å². The van der Waals surface area contributed by atoms with Gasteiger partial charge in [-0.1, -0.05) is 26.2 Å². The number of nitrogens with zero attached hydrogens (tertiary/aromatic N) is 1. The van der Waals surface area contributed by atoms with E-state index in [1.807, 2.05) is 6.07 Å². The van der Waals surface area contributed by atoms with E-state index < -0.39 is 0 Å². The largest absolute Gasteiger partial charge is 0.384 e. The van der Waals surface area contributed by atoms with Gasteiger partial charge in [0, 0.05) is 27.9 Å². The molecule has 0 bridgehead atoms. The molecule has 0 spiro atoms. The Balaban J connectivity index is 1.97. The van der Waals surface area contributed by atoms with Crippen LogP contribution in [-0.4, -0.2) is 11.5 Å². The van der Waals surface area contributed by atoms with Gasteiger partial charge in [-0.2, -0.15) is 0 Å². The Morgan fingerprint density at radius 1 is 1.42 bits per heavy atom. The molecule has 2 unspecified atom stereocenters. The average molecular weight is 374 g/mol. The minimum Gasteiger partial charge on any atom is -0.384 e. The van der Waals surface area contributed by atoms with Gasteiger partial charge in [-0.05, 0) is 46.9 Å². The zero-order valence-electron chi connectivity index (χ0n) is 11.1. The number of rotatable bonds is 4. The molecule has 1 aromatic carbocycles. The molecular weight excluding hydrogens is 355 g/mol. The van der Waals surface area contributed by atoms with E-state index >= 15 is 0 Å². The van der Waals surface area contributed by atoms with Crippen molar-refractivity contribution >= 4 is 34.0 Å². The van der Waals surface area contributed by atoms with Crippen LogP contribution in [0.1, 0.15) is 32.6 Å². The maximum absolute atomic E-state index is 10.7. The molecule has 4 nitrogen and oxygen atoms in total. The van der Waals surface area contributed by atoms with Crippen molar-refractivity contribution in [2.24, 2.45) is 11.8 Å². The predicted molar refractivity (Wildman–Crippen MR) is 85.4 cm³/mol. The molecule has 0 aromatic heterocycles. The first-order chi connectivity index (χ1) is 9.08. The average Bonchev–Trinajstić information content (AvgIpc) is 2.39. The lowest BCUT2D eigenvalue weighted by atomic mass is 9.80. The molecular formula is C14H19IN2O2. The van der Waals surface area contributed by atoms with Gasteiger partial charge >= 0.3 is 0 Å². The maximum atomic E-state index is 10.7. The van der Waals surface area contributed by atoms with Gasteiger partial charge < -0.3 is 5.32 Å². The maximum Gasteiger partial charge on any atom is 0.270 e. The molecule has 5 heteroatoms. The van der Waals surface area contributed by atoms with Crippen molar-refractivity contribution in [1.29, 1.82) is 0 Å². The van der Waals surface area contributed by atoms with E-state index in [1.165, 1.54) is 25.7 Å². The van der Waals surface area contributed by atoms with E-state index in [1.54, 1.807) is 12.1 Å². The third kappa shape index (κ3) is 3.81. The summed E-state index contributed by atoms with van der Waals surface area (Å²) < 4.78 is 0.912. The number of benzene rings is 1. The van der Waals surface area contributed by atoms with Crippen LogP contribution in [0, 0.1) is 25.5 Å². The molecule has 1 aliphatic rings. The summed E-state index contributed by atoms with van der Waals surface area (Å²) in [4.78, 5) is 10.3. The van der Waals surface area contributed by atoms with Crippen LogP contribution < -0.4 is 5.32 Å². The molecule has 0 heterocycles. The van der Waals surface area contributed by atoms with Crippen LogP contribution in [0.4, 0.5) is 11.4 Å². The summed E-state index contributed by atoms with van der Waals surface area (Å²) >= 11 is 2.15. The zero-order valence-corrected chi connectivity index (χ0v) is 13.2. The van der Waals surface area contributed by atoms with Crippen LogP contribution in [0.2, 0.25) is 0 Å². The molecule has 1 fully saturated rings. The van der Waals surface area contributed by atoms with Crippen molar-refractivity contribution in [1.82, 2.24) is 0 Å². The van der Waals surface area contributed by atoms with Gasteiger partial charge in [-0.15, -0.1) is 0 Å². The second-order valence-corrected chi connectivity index (χ2v) is 6.49. The fraction of sp³-hybridized carbons (Fsp3) is 0.571. The molecule has 104 valence electrons. The van der Waals surface area contributed by atoms with Crippen molar-refractivity contribution in [3.63, 3.8) is 0 Å². The Bertz CT molecular complexity index is 465. The predicted octanol–water partition coefficient (Wildman–Crippen LogP) is 4.44. The van der Waals surface area contributed by atoms with Gasteiger partial charge in [0.05, 0.1) is 4.92 Å². The highest BCUT2D eigenvalue weighted by atomic mass is 127. The fourth-order valence-corrected chi connectivity index (χ4v) is 3.39. The third-order valence-corrected chi connectivity index (χ3v) is 4.90. The summed E-state index contributed by atoms with van der Waals surface area (Å²) in [5, 5.41) is 14.1. The van der Waals surface area contributed by atoms with Crippen LogP contribution in [0.3, 0.4) is 0 Å². The highest BCUT2D eigenvalue weighted by Gasteiger charge is 2.21. The van der Waals surface area contributed by atoms with Crippen molar-refractivity contribution in [2.75, 3.05) is 11.9 Å². The summed E-state index contributed by atoms with van der Waals surface area (Å²) in [6, 6.07) is 5.00. The zero-order chi connectivity index (χ0) is 13.8. The van der Waals surface area contributed by atoms with Crippen LogP contribution in [0.25, 0.3) is 0 Å². The topological polar surface area (TPSA) is 55.2 Å². The number of non-ortho nitro benzene ring substituents is 1. The first kappa shape index (κ1) is 14.6. The van der Waals surface area contributed by atoms with Gasteiger partial charge in [-0.25, -0.2) is 0 Å². The molecule has 1 saturated carbocycles. The number of hydrogen-bond donors (Lipinski definition) is 1. The lowest BCUT2D eigenvalue weighted by Crippen LogP contribution is -2.24. The van der Waals surface area contributed by atoms with E-state index in [0.717, 1.165) is 27.6 Å². The van der Waals surface area contributed by atoms with E-state index in [-0.39, 0.29) is 10.6 Å². The molecule has 1 aliphatic carbocycles. The van der Waals surface area contributed by atoms with E-state index in [9.17, 15) is 10.1 Å². The summed E-state index contributed by atoms with van der Waals surface area (Å²) in [5.74, 6) is 1.50. The highest BCUT2D eigenvalue weighted by Crippen LogP contribution is 2.30. The Morgan fingerprint density at radius 3 is 2.79 bits per heavy atom. The molecule has 1 N–H and O–H groups in total. The smallest absolute Gasteiger partial charge is 0.270 e. The number of hydrogen-bond acceptors (Lipinski definition) is 3. The third-order valence-electron chi connectivity index (χ3n) is 4.01. The van der Waals surface area contributed by atoms with Crippen LogP contribution in [0.5, 0.6) is 0 Å². The van der Waals surface area contributed by atoms with Gasteiger partial charge in [0.25, 0.3) is 5.69 Å². The first-order valence-electron chi connectivity index (χ1n) is 6.75. The number of halogens is 1. The molecule has 2 atom stereocenters. The first-order valence-corrected chi connectivity index (χ1v) is 7.83. The summed E-state index contributed by atoms with van der Waals surface area (Å²) in [7, 11) is 0. The standard InChI is InChI=1S/C14H19IN2O2/c1-10-4-2-3-5-11(10)9-16-14-7-6-12(17(18)19)8-13(14)15/h6-8,10-11,16H,2-5,9H2,1H3. The normalized spacial score (nSPS) is 23.1. The quantitative estimate of drug-likeness (QED) is 0.482. The lowest BCUT2D eigenvalue weighted by Gasteiger charge is -2.29. The Kier molecular flexibility index (Phi) is 5.01. The summed E-state index contributed by atoms with van der Waals surface area (Å²) in [6.07, 6.45) is 5.29. The van der Waals surface area contributed by atoms with Crippen molar-refractivity contribution in [3.05, 3.63) is 31.9 Å². The Morgan fingerprint density at radius 2 is 2.16 bits per heavy atom. The summed E-state index contributed by atoms with van der Waals surface area (Å²) in [6.45, 7) is 3.29. The molecule has 0 amide bonds. The van der Waals surface area contributed by atoms with E-state index in [2.05, 4.69) is 34.8 Å². The van der Waals surface area contributed by atoms with E-state index in [0.29, 0.717) is 0 Å². The minimum absolute atomic E-state index is 0.154. The second kappa shape index (κ2) is 6.54. The van der Waals surface area contributed by atoms with Gasteiger partial charge in [0.1, 0.15) is 0 Å². The van der Waals surface area contributed by atoms with Gasteiger partial charge in [0.2, 0.25) is 0 Å². The Hall–Kier alpha value is -0.850. The van der Waals surface area contributed by atoms with Crippen molar-refractivity contribution in [2.45, 2.75) is 32.6 Å². The summed E-state index contributed by atoms with van der Waals surface area (Å²) in [5.41, 5.74) is 1.16.